The molecule has 2 aromatic heterocycles. The Hall–Kier alpha value is -1.34. The summed E-state index contributed by atoms with van der Waals surface area (Å²) in [6.07, 6.45) is 0. The molecule has 0 aliphatic rings. The lowest BCUT2D eigenvalue weighted by atomic mass is 10.4. The monoisotopic (exact) mass is 283 g/mol. The van der Waals surface area contributed by atoms with E-state index in [-0.39, 0.29) is 11.2 Å². The highest BCUT2D eigenvalue weighted by Gasteiger charge is 2.17. The van der Waals surface area contributed by atoms with Crippen LogP contribution in [0.3, 0.4) is 0 Å². The van der Waals surface area contributed by atoms with Crippen molar-refractivity contribution >= 4 is 34.9 Å². The fourth-order valence-corrected chi connectivity index (χ4v) is 3.22. The maximum absolute atomic E-state index is 11.9. The third kappa shape index (κ3) is 3.33. The molecule has 0 aliphatic carbocycles. The first-order valence-corrected chi connectivity index (χ1v) is 7.13. The van der Waals surface area contributed by atoms with Crippen LogP contribution in [0.25, 0.3) is 0 Å². The maximum Gasteiger partial charge on any atom is 0.240 e. The first kappa shape index (κ1) is 13.1. The Morgan fingerprint density at radius 3 is 2.83 bits per heavy atom. The zero-order chi connectivity index (χ0) is 13.1. The lowest BCUT2D eigenvalue weighted by Crippen LogP contribution is -2.22. The van der Waals surface area contributed by atoms with Gasteiger partial charge >= 0.3 is 0 Å². The van der Waals surface area contributed by atoms with E-state index >= 15 is 0 Å². The predicted molar refractivity (Wildman–Crippen MR) is 72.0 cm³/mol. The minimum absolute atomic E-state index is 0.121. The summed E-state index contributed by atoms with van der Waals surface area (Å²) < 4.78 is 5.83. The lowest BCUT2D eigenvalue weighted by molar-refractivity contribution is -0.115. The van der Waals surface area contributed by atoms with Crippen molar-refractivity contribution in [3.05, 3.63) is 22.8 Å². The molecule has 2 rings (SSSR count). The first-order valence-electron chi connectivity index (χ1n) is 5.37. The summed E-state index contributed by atoms with van der Waals surface area (Å²) in [5.41, 5.74) is 1.71. The number of hydrogen-bond acceptors (Lipinski definition) is 6. The summed E-state index contributed by atoms with van der Waals surface area (Å²) in [5.74, 6) is 0.254. The van der Waals surface area contributed by atoms with Gasteiger partial charge in [0.2, 0.25) is 11.8 Å². The zero-order valence-electron chi connectivity index (χ0n) is 10.3. The summed E-state index contributed by atoms with van der Waals surface area (Å²) in [4.78, 5) is 16.2. The Kier molecular flexibility index (Phi) is 4.03. The van der Waals surface area contributed by atoms with E-state index in [0.717, 1.165) is 15.7 Å². The third-order valence-corrected chi connectivity index (χ3v) is 4.31. The van der Waals surface area contributed by atoms with E-state index in [9.17, 15) is 4.79 Å². The maximum atomic E-state index is 11.9. The number of aromatic nitrogens is 2. The van der Waals surface area contributed by atoms with Crippen molar-refractivity contribution in [2.75, 3.05) is 5.32 Å². The van der Waals surface area contributed by atoms with E-state index in [1.165, 1.54) is 11.8 Å². The molecule has 0 saturated heterocycles. The van der Waals surface area contributed by atoms with Crippen LogP contribution in [0.15, 0.2) is 20.3 Å². The van der Waals surface area contributed by atoms with Crippen molar-refractivity contribution in [1.82, 2.24) is 10.1 Å². The number of nitrogens with one attached hydrogen (secondary N) is 1. The van der Waals surface area contributed by atoms with Gasteiger partial charge in [-0.15, -0.1) is 11.3 Å². The lowest BCUT2D eigenvalue weighted by Gasteiger charge is -2.07. The number of amides is 1. The Labute approximate surface area is 113 Å². The molecule has 0 unspecified atom stereocenters. The van der Waals surface area contributed by atoms with Gasteiger partial charge in [-0.05, 0) is 20.8 Å². The third-order valence-electron chi connectivity index (χ3n) is 2.12. The number of hydrogen-bond donors (Lipinski definition) is 1. The van der Waals surface area contributed by atoms with Crippen LogP contribution in [-0.2, 0) is 4.79 Å². The van der Waals surface area contributed by atoms with Crippen LogP contribution in [0.2, 0.25) is 0 Å². The molecule has 0 saturated carbocycles. The fourth-order valence-electron chi connectivity index (χ4n) is 1.24. The Morgan fingerprint density at radius 1 is 1.50 bits per heavy atom. The van der Waals surface area contributed by atoms with Crippen LogP contribution >= 0.6 is 23.1 Å². The molecule has 2 aromatic rings. The SMILES string of the molecule is Cc1cc(NC(=O)[C@H](C)Sc2nc(C)cs2)on1. The van der Waals surface area contributed by atoms with Crippen LogP contribution in [0.4, 0.5) is 5.88 Å². The average Bonchev–Trinajstić information content (AvgIpc) is 2.88. The van der Waals surface area contributed by atoms with Crippen molar-refractivity contribution in [3.63, 3.8) is 0 Å². The van der Waals surface area contributed by atoms with E-state index in [2.05, 4.69) is 15.5 Å². The number of anilines is 1. The van der Waals surface area contributed by atoms with E-state index in [1.54, 1.807) is 24.3 Å². The van der Waals surface area contributed by atoms with Gasteiger partial charge in [0.15, 0.2) is 4.34 Å². The second kappa shape index (κ2) is 5.53. The molecule has 0 aromatic carbocycles. The quantitative estimate of drug-likeness (QED) is 0.874. The Bertz CT molecular complexity index is 550. The van der Waals surface area contributed by atoms with Gasteiger partial charge in [0, 0.05) is 17.1 Å². The van der Waals surface area contributed by atoms with Crippen molar-refractivity contribution in [2.24, 2.45) is 0 Å². The molecule has 2 heterocycles. The summed E-state index contributed by atoms with van der Waals surface area (Å²) in [6.45, 7) is 5.57. The highest BCUT2D eigenvalue weighted by molar-refractivity contribution is 8.02. The summed E-state index contributed by atoms with van der Waals surface area (Å²) in [5, 5.41) is 8.12. The van der Waals surface area contributed by atoms with Gasteiger partial charge in [-0.2, -0.15) is 0 Å². The number of carbonyl (C=O) groups is 1. The molecule has 0 radical (unpaired) electrons. The van der Waals surface area contributed by atoms with Gasteiger partial charge in [-0.25, -0.2) is 4.98 Å². The molecule has 5 nitrogen and oxygen atoms in total. The van der Waals surface area contributed by atoms with Gasteiger partial charge in [0.25, 0.3) is 0 Å². The molecule has 96 valence electrons. The molecule has 0 fully saturated rings. The molecule has 0 bridgehead atoms. The smallest absolute Gasteiger partial charge is 0.240 e. The van der Waals surface area contributed by atoms with Crippen LogP contribution in [0.5, 0.6) is 0 Å². The normalized spacial score (nSPS) is 12.4. The summed E-state index contributed by atoms with van der Waals surface area (Å²) >= 11 is 2.97. The van der Waals surface area contributed by atoms with E-state index in [4.69, 9.17) is 4.52 Å². The second-order valence-electron chi connectivity index (χ2n) is 3.84. The molecular weight excluding hydrogens is 270 g/mol. The highest BCUT2D eigenvalue weighted by atomic mass is 32.2. The topological polar surface area (TPSA) is 68.0 Å². The number of carbonyl (C=O) groups excluding carboxylic acids is 1. The zero-order valence-corrected chi connectivity index (χ0v) is 11.9. The molecule has 1 atom stereocenters. The van der Waals surface area contributed by atoms with Gasteiger partial charge in [0.05, 0.1) is 10.9 Å². The number of aryl methyl sites for hydroxylation is 2. The molecular formula is C11H13N3O2S2. The number of rotatable bonds is 4. The van der Waals surface area contributed by atoms with Crippen LogP contribution in [0, 0.1) is 13.8 Å². The molecule has 18 heavy (non-hydrogen) atoms. The van der Waals surface area contributed by atoms with Crippen molar-refractivity contribution in [1.29, 1.82) is 0 Å². The van der Waals surface area contributed by atoms with Gasteiger partial charge in [-0.3, -0.25) is 10.1 Å². The molecule has 0 spiro atoms. The Morgan fingerprint density at radius 2 is 2.28 bits per heavy atom. The first-order chi connectivity index (χ1) is 8.54. The van der Waals surface area contributed by atoms with Gasteiger partial charge in [-0.1, -0.05) is 16.9 Å². The molecule has 1 N–H and O–H groups in total. The standard InChI is InChI=1S/C11H13N3O2S2/c1-6-4-9(16-14-6)13-10(15)8(3)18-11-12-7(2)5-17-11/h4-5,8H,1-3H3,(H,13,15)/t8-/m0/s1. The van der Waals surface area contributed by atoms with Crippen LogP contribution in [0.1, 0.15) is 18.3 Å². The summed E-state index contributed by atoms with van der Waals surface area (Å²) in [6, 6.07) is 1.68. The van der Waals surface area contributed by atoms with Crippen LogP contribution in [-0.4, -0.2) is 21.3 Å². The second-order valence-corrected chi connectivity index (χ2v) is 6.28. The fraction of sp³-hybridized carbons (Fsp3) is 0.364. The minimum atomic E-state index is -0.235. The van der Waals surface area contributed by atoms with Crippen molar-refractivity contribution in [3.8, 4) is 0 Å². The van der Waals surface area contributed by atoms with Crippen molar-refractivity contribution < 1.29 is 9.32 Å². The van der Waals surface area contributed by atoms with Gasteiger partial charge < -0.3 is 4.52 Å². The van der Waals surface area contributed by atoms with E-state index in [1.807, 2.05) is 19.2 Å². The van der Waals surface area contributed by atoms with Crippen molar-refractivity contribution in [2.45, 2.75) is 30.4 Å². The number of thiazole rings is 1. The van der Waals surface area contributed by atoms with E-state index < -0.39 is 0 Å². The van der Waals surface area contributed by atoms with E-state index in [0.29, 0.717) is 5.88 Å². The minimum Gasteiger partial charge on any atom is -0.338 e. The van der Waals surface area contributed by atoms with Crippen LogP contribution < -0.4 is 5.32 Å². The highest BCUT2D eigenvalue weighted by Crippen LogP contribution is 2.27. The molecule has 0 aliphatic heterocycles. The number of nitrogens with zero attached hydrogens (tertiary/aromatic N) is 2. The summed E-state index contributed by atoms with van der Waals surface area (Å²) in [7, 11) is 0. The number of thioether (sulfide) groups is 1. The average molecular weight is 283 g/mol. The molecule has 7 heteroatoms. The Balaban J connectivity index is 1.92. The van der Waals surface area contributed by atoms with Gasteiger partial charge in [0.1, 0.15) is 0 Å². The largest absolute Gasteiger partial charge is 0.338 e. The predicted octanol–water partition coefficient (Wildman–Crippen LogP) is 2.87. The molecule has 1 amide bonds.